The monoisotopic (exact) mass is 239 g/mol. The topological polar surface area (TPSA) is 61.0 Å². The minimum absolute atomic E-state index is 0.157. The van der Waals surface area contributed by atoms with Crippen molar-refractivity contribution >= 4 is 17.4 Å². The highest BCUT2D eigenvalue weighted by atomic mass is 35.5. The maximum Gasteiger partial charge on any atom is 0.239 e. The van der Waals surface area contributed by atoms with Gasteiger partial charge in [-0.2, -0.15) is 4.98 Å². The van der Waals surface area contributed by atoms with E-state index in [-0.39, 0.29) is 16.7 Å². The zero-order valence-electron chi connectivity index (χ0n) is 8.02. The molecule has 0 bridgehead atoms. The van der Waals surface area contributed by atoms with Gasteiger partial charge in [0.25, 0.3) is 0 Å². The summed E-state index contributed by atoms with van der Waals surface area (Å²) in [5.74, 6) is 0.295. The Balaban J connectivity index is 2.27. The number of nitrogen functional groups attached to an aromatic ring is 1. The molecular weight excluding hydrogens is 233 g/mol. The Kier molecular flexibility index (Phi) is 2.87. The largest absolute Gasteiger partial charge is 0.436 e. The van der Waals surface area contributed by atoms with Gasteiger partial charge in [-0.15, -0.1) is 0 Å². The van der Waals surface area contributed by atoms with Crippen LogP contribution < -0.4 is 10.5 Å². The Bertz CT molecular complexity index is 521. The molecule has 82 valence electrons. The van der Waals surface area contributed by atoms with Crippen LogP contribution in [-0.4, -0.2) is 9.97 Å². The molecule has 1 aromatic carbocycles. The van der Waals surface area contributed by atoms with Gasteiger partial charge in [0.2, 0.25) is 5.88 Å². The summed E-state index contributed by atoms with van der Waals surface area (Å²) in [6.45, 7) is 0. The van der Waals surface area contributed by atoms with Crippen molar-refractivity contribution in [2.24, 2.45) is 0 Å². The Morgan fingerprint density at radius 3 is 2.81 bits per heavy atom. The van der Waals surface area contributed by atoms with Crippen LogP contribution in [-0.2, 0) is 0 Å². The fourth-order valence-electron chi connectivity index (χ4n) is 1.08. The van der Waals surface area contributed by atoms with Gasteiger partial charge in [-0.3, -0.25) is 4.98 Å². The van der Waals surface area contributed by atoms with Crippen LogP contribution in [0.15, 0.2) is 30.6 Å². The van der Waals surface area contributed by atoms with Gasteiger partial charge in [-0.05, 0) is 18.2 Å². The van der Waals surface area contributed by atoms with Gasteiger partial charge in [0, 0.05) is 0 Å². The lowest BCUT2D eigenvalue weighted by Gasteiger charge is -2.06. The van der Waals surface area contributed by atoms with Crippen molar-refractivity contribution in [1.82, 2.24) is 9.97 Å². The summed E-state index contributed by atoms with van der Waals surface area (Å²) in [7, 11) is 0. The number of benzene rings is 1. The minimum Gasteiger partial charge on any atom is -0.436 e. The van der Waals surface area contributed by atoms with E-state index in [1.165, 1.54) is 24.5 Å². The van der Waals surface area contributed by atoms with Crippen LogP contribution >= 0.6 is 11.6 Å². The molecule has 0 spiro atoms. The predicted octanol–water partition coefficient (Wildman–Crippen LogP) is 2.64. The molecule has 0 saturated carbocycles. The first-order valence-corrected chi connectivity index (χ1v) is 4.73. The van der Waals surface area contributed by atoms with E-state index in [1.54, 1.807) is 0 Å². The van der Waals surface area contributed by atoms with Crippen molar-refractivity contribution in [1.29, 1.82) is 0 Å². The summed E-state index contributed by atoms with van der Waals surface area (Å²) in [6, 6.07) is 3.79. The van der Waals surface area contributed by atoms with Crippen LogP contribution in [0.1, 0.15) is 0 Å². The lowest BCUT2D eigenvalue weighted by molar-refractivity contribution is 0.459. The van der Waals surface area contributed by atoms with Gasteiger partial charge < -0.3 is 10.5 Å². The molecule has 2 rings (SSSR count). The number of ether oxygens (including phenoxy) is 1. The minimum atomic E-state index is -0.434. The number of hydrogen-bond donors (Lipinski definition) is 1. The van der Waals surface area contributed by atoms with Gasteiger partial charge in [-0.25, -0.2) is 4.39 Å². The summed E-state index contributed by atoms with van der Waals surface area (Å²) < 4.78 is 18.1. The smallest absolute Gasteiger partial charge is 0.239 e. The van der Waals surface area contributed by atoms with Crippen molar-refractivity contribution in [3.05, 3.63) is 41.4 Å². The Morgan fingerprint density at radius 1 is 1.31 bits per heavy atom. The molecule has 6 heteroatoms. The average molecular weight is 240 g/mol. The zero-order chi connectivity index (χ0) is 11.5. The number of hydrogen-bond acceptors (Lipinski definition) is 4. The highest BCUT2D eigenvalue weighted by Crippen LogP contribution is 2.28. The molecule has 2 aromatic rings. The Morgan fingerprint density at radius 2 is 2.12 bits per heavy atom. The number of halogens is 2. The molecule has 0 fully saturated rings. The fourth-order valence-corrected chi connectivity index (χ4v) is 1.29. The first-order valence-electron chi connectivity index (χ1n) is 4.35. The molecule has 2 N–H and O–H groups in total. The summed E-state index contributed by atoms with van der Waals surface area (Å²) in [6.07, 6.45) is 2.77. The molecule has 0 aliphatic heterocycles. The third-order valence-electron chi connectivity index (χ3n) is 1.74. The molecule has 16 heavy (non-hydrogen) atoms. The normalized spacial score (nSPS) is 10.1. The van der Waals surface area contributed by atoms with E-state index in [2.05, 4.69) is 9.97 Å². The van der Waals surface area contributed by atoms with Gasteiger partial charge >= 0.3 is 0 Å². The molecule has 0 amide bonds. The first-order chi connectivity index (χ1) is 7.65. The third kappa shape index (κ3) is 2.38. The van der Waals surface area contributed by atoms with Crippen LogP contribution in [0.3, 0.4) is 0 Å². The van der Waals surface area contributed by atoms with Crippen molar-refractivity contribution < 1.29 is 9.13 Å². The van der Waals surface area contributed by atoms with Crippen molar-refractivity contribution in [2.75, 3.05) is 5.73 Å². The average Bonchev–Trinajstić information content (AvgIpc) is 2.22. The lowest BCUT2D eigenvalue weighted by atomic mass is 10.3. The predicted molar refractivity (Wildman–Crippen MR) is 57.9 cm³/mol. The Labute approximate surface area is 95.9 Å². The second kappa shape index (κ2) is 4.32. The lowest BCUT2D eigenvalue weighted by Crippen LogP contribution is -1.95. The molecule has 0 aliphatic rings. The molecule has 0 atom stereocenters. The van der Waals surface area contributed by atoms with E-state index >= 15 is 0 Å². The van der Waals surface area contributed by atoms with E-state index in [0.29, 0.717) is 5.75 Å². The summed E-state index contributed by atoms with van der Waals surface area (Å²) >= 11 is 5.77. The molecule has 1 heterocycles. The third-order valence-corrected chi connectivity index (χ3v) is 2.03. The van der Waals surface area contributed by atoms with Crippen LogP contribution in [0, 0.1) is 5.82 Å². The van der Waals surface area contributed by atoms with Gasteiger partial charge in [0.1, 0.15) is 17.4 Å². The number of nitrogens with two attached hydrogens (primary N) is 1. The molecule has 4 nitrogen and oxygen atoms in total. The molecule has 0 saturated heterocycles. The van der Waals surface area contributed by atoms with E-state index in [0.717, 1.165) is 6.07 Å². The quantitative estimate of drug-likeness (QED) is 0.875. The van der Waals surface area contributed by atoms with Crippen LogP contribution in [0.4, 0.5) is 10.2 Å². The highest BCUT2D eigenvalue weighted by Gasteiger charge is 2.05. The number of anilines is 1. The number of aromatic nitrogens is 2. The van der Waals surface area contributed by atoms with Crippen LogP contribution in [0.5, 0.6) is 11.6 Å². The second-order valence-corrected chi connectivity index (χ2v) is 3.37. The van der Waals surface area contributed by atoms with Crippen molar-refractivity contribution in [3.63, 3.8) is 0 Å². The van der Waals surface area contributed by atoms with E-state index in [4.69, 9.17) is 22.1 Å². The molecule has 0 unspecified atom stereocenters. The summed E-state index contributed by atoms with van der Waals surface area (Å²) in [5, 5.41) is 0.157. The number of nitrogens with zero attached hydrogens (tertiary/aromatic N) is 2. The molecular formula is C10H7ClFN3O. The first kappa shape index (κ1) is 10.6. The SMILES string of the molecule is Nc1cncc(Oc2ccc(F)cc2Cl)n1. The number of rotatable bonds is 2. The molecule has 1 aromatic heterocycles. The zero-order valence-corrected chi connectivity index (χ0v) is 8.78. The van der Waals surface area contributed by atoms with Gasteiger partial charge in [0.15, 0.2) is 0 Å². The van der Waals surface area contributed by atoms with E-state index in [9.17, 15) is 4.39 Å². The highest BCUT2D eigenvalue weighted by molar-refractivity contribution is 6.32. The van der Waals surface area contributed by atoms with E-state index < -0.39 is 5.82 Å². The van der Waals surface area contributed by atoms with Crippen LogP contribution in [0.25, 0.3) is 0 Å². The van der Waals surface area contributed by atoms with E-state index in [1.807, 2.05) is 0 Å². The maximum atomic E-state index is 12.8. The van der Waals surface area contributed by atoms with Crippen LogP contribution in [0.2, 0.25) is 5.02 Å². The van der Waals surface area contributed by atoms with Gasteiger partial charge in [-0.1, -0.05) is 11.6 Å². The molecule has 0 radical (unpaired) electrons. The standard InChI is InChI=1S/C10H7ClFN3O/c11-7-3-6(12)1-2-8(7)16-10-5-14-4-9(13)15-10/h1-5H,(H2,13,15). The van der Waals surface area contributed by atoms with Gasteiger partial charge in [0.05, 0.1) is 17.4 Å². The van der Waals surface area contributed by atoms with Crippen molar-refractivity contribution in [2.45, 2.75) is 0 Å². The molecule has 0 aliphatic carbocycles. The summed E-state index contributed by atoms with van der Waals surface area (Å²) in [5.41, 5.74) is 5.43. The van der Waals surface area contributed by atoms with Crippen molar-refractivity contribution in [3.8, 4) is 11.6 Å². The Hall–Kier alpha value is -1.88. The maximum absolute atomic E-state index is 12.8. The summed E-state index contributed by atoms with van der Waals surface area (Å²) in [4.78, 5) is 7.67. The second-order valence-electron chi connectivity index (χ2n) is 2.96. The fraction of sp³-hybridized carbons (Fsp3) is 0.